The zero-order valence-electron chi connectivity index (χ0n) is 16.2. The summed E-state index contributed by atoms with van der Waals surface area (Å²) in [6.07, 6.45) is -1.09. The minimum Gasteiger partial charge on any atom is -0.449 e. The van der Waals surface area contributed by atoms with Gasteiger partial charge < -0.3 is 14.8 Å². The molecule has 0 fully saturated rings. The number of benzene rings is 2. The van der Waals surface area contributed by atoms with Crippen molar-refractivity contribution in [3.05, 3.63) is 69.5 Å². The summed E-state index contributed by atoms with van der Waals surface area (Å²) in [6.45, 7) is 5.61. The number of nitro benzene ring substituents is 1. The van der Waals surface area contributed by atoms with E-state index in [1.807, 2.05) is 13.8 Å². The van der Waals surface area contributed by atoms with E-state index in [4.69, 9.17) is 9.47 Å². The number of esters is 1. The number of rotatable bonds is 8. The first-order valence-electron chi connectivity index (χ1n) is 8.83. The Morgan fingerprint density at radius 3 is 2.38 bits per heavy atom. The minimum atomic E-state index is -1.17. The summed E-state index contributed by atoms with van der Waals surface area (Å²) < 4.78 is 24.0. The van der Waals surface area contributed by atoms with Crippen molar-refractivity contribution in [2.45, 2.75) is 39.6 Å². The molecule has 2 rings (SSSR count). The predicted molar refractivity (Wildman–Crippen MR) is 103 cm³/mol. The van der Waals surface area contributed by atoms with E-state index in [0.717, 1.165) is 17.7 Å². The Morgan fingerprint density at radius 1 is 1.14 bits per heavy atom. The van der Waals surface area contributed by atoms with Crippen LogP contribution < -0.4 is 5.32 Å². The van der Waals surface area contributed by atoms with Crippen molar-refractivity contribution in [2.24, 2.45) is 0 Å². The number of nitro groups is 1. The number of hydrogen-bond donors (Lipinski definition) is 1. The van der Waals surface area contributed by atoms with Gasteiger partial charge in [0.25, 0.3) is 5.91 Å². The maximum absolute atomic E-state index is 13.4. The highest BCUT2D eigenvalue weighted by molar-refractivity contribution is 5.97. The van der Waals surface area contributed by atoms with E-state index in [-0.39, 0.29) is 17.4 Å². The smallest absolute Gasteiger partial charge is 0.338 e. The van der Waals surface area contributed by atoms with Gasteiger partial charge in [-0.05, 0) is 50.6 Å². The lowest BCUT2D eigenvalue weighted by atomic mass is 10.1. The molecule has 1 amide bonds. The van der Waals surface area contributed by atoms with Crippen molar-refractivity contribution in [3.8, 4) is 0 Å². The fourth-order valence-corrected chi connectivity index (χ4v) is 2.26. The third-order valence-corrected chi connectivity index (χ3v) is 3.84. The number of anilines is 1. The van der Waals surface area contributed by atoms with Crippen LogP contribution in [0.3, 0.4) is 0 Å². The average Bonchev–Trinajstić information content (AvgIpc) is 2.67. The van der Waals surface area contributed by atoms with Gasteiger partial charge in [-0.3, -0.25) is 14.9 Å². The SMILES string of the molecule is CC(C)OCc1ccc(C(=O)O[C@@H](C)C(=O)Nc2ccc(F)c([N+](=O)[O-])c2)cc1. The number of nitrogens with zero attached hydrogens (tertiary/aromatic N) is 1. The van der Waals surface area contributed by atoms with E-state index in [1.54, 1.807) is 24.3 Å². The van der Waals surface area contributed by atoms with E-state index in [0.29, 0.717) is 6.61 Å². The van der Waals surface area contributed by atoms with E-state index < -0.39 is 34.4 Å². The maximum atomic E-state index is 13.4. The molecule has 8 nitrogen and oxygen atoms in total. The molecule has 0 heterocycles. The zero-order chi connectivity index (χ0) is 21.6. The molecule has 0 bridgehead atoms. The van der Waals surface area contributed by atoms with Crippen LogP contribution in [0.5, 0.6) is 0 Å². The molecule has 2 aromatic carbocycles. The molecule has 0 aliphatic heterocycles. The Bertz CT molecular complexity index is 898. The first-order chi connectivity index (χ1) is 13.7. The highest BCUT2D eigenvalue weighted by atomic mass is 19.1. The molecule has 9 heteroatoms. The van der Waals surface area contributed by atoms with Crippen LogP contribution in [0.1, 0.15) is 36.7 Å². The van der Waals surface area contributed by atoms with Gasteiger partial charge in [-0.25, -0.2) is 4.79 Å². The number of amides is 1. The fraction of sp³-hybridized carbons (Fsp3) is 0.300. The summed E-state index contributed by atoms with van der Waals surface area (Å²) in [5.41, 5.74) is 0.392. The van der Waals surface area contributed by atoms with Crippen molar-refractivity contribution in [3.63, 3.8) is 0 Å². The van der Waals surface area contributed by atoms with Crippen molar-refractivity contribution < 1.29 is 28.4 Å². The maximum Gasteiger partial charge on any atom is 0.338 e. The van der Waals surface area contributed by atoms with Gasteiger partial charge in [-0.2, -0.15) is 4.39 Å². The average molecular weight is 404 g/mol. The lowest BCUT2D eigenvalue weighted by Crippen LogP contribution is -2.30. The largest absolute Gasteiger partial charge is 0.449 e. The molecule has 0 saturated heterocycles. The number of hydrogen-bond acceptors (Lipinski definition) is 6. The number of halogens is 1. The molecule has 1 N–H and O–H groups in total. The molecule has 0 aromatic heterocycles. The normalized spacial score (nSPS) is 11.8. The van der Waals surface area contributed by atoms with Crippen LogP contribution in [0.2, 0.25) is 0 Å². The monoisotopic (exact) mass is 404 g/mol. The summed E-state index contributed by atoms with van der Waals surface area (Å²) >= 11 is 0. The molecular formula is C20H21FN2O6. The van der Waals surface area contributed by atoms with Crippen LogP contribution in [-0.2, 0) is 20.9 Å². The van der Waals surface area contributed by atoms with Gasteiger partial charge in [0, 0.05) is 11.8 Å². The van der Waals surface area contributed by atoms with E-state index >= 15 is 0 Å². The highest BCUT2D eigenvalue weighted by Crippen LogP contribution is 2.22. The molecule has 0 spiro atoms. The van der Waals surface area contributed by atoms with Crippen LogP contribution in [-0.4, -0.2) is 29.0 Å². The molecule has 1 atom stereocenters. The van der Waals surface area contributed by atoms with Crippen LogP contribution in [0.15, 0.2) is 42.5 Å². The summed E-state index contributed by atoms with van der Waals surface area (Å²) in [7, 11) is 0. The molecular weight excluding hydrogens is 383 g/mol. The number of carbonyl (C=O) groups excluding carboxylic acids is 2. The van der Waals surface area contributed by atoms with Crippen molar-refractivity contribution in [2.75, 3.05) is 5.32 Å². The van der Waals surface area contributed by atoms with Gasteiger partial charge in [-0.15, -0.1) is 0 Å². The topological polar surface area (TPSA) is 108 Å². The predicted octanol–water partition coefficient (Wildman–Crippen LogP) is 3.84. The molecule has 29 heavy (non-hydrogen) atoms. The van der Waals surface area contributed by atoms with Gasteiger partial charge >= 0.3 is 11.7 Å². The Kier molecular flexibility index (Phi) is 7.38. The Labute approximate surface area is 166 Å². The number of carbonyl (C=O) groups is 2. The van der Waals surface area contributed by atoms with Crippen molar-refractivity contribution in [1.29, 1.82) is 0 Å². The van der Waals surface area contributed by atoms with Gasteiger partial charge in [0.15, 0.2) is 6.10 Å². The quantitative estimate of drug-likeness (QED) is 0.407. The summed E-state index contributed by atoms with van der Waals surface area (Å²) in [6, 6.07) is 9.51. The lowest BCUT2D eigenvalue weighted by molar-refractivity contribution is -0.387. The molecule has 0 radical (unpaired) electrons. The molecule has 0 saturated carbocycles. The van der Waals surface area contributed by atoms with Gasteiger partial charge in [0.05, 0.1) is 23.2 Å². The lowest BCUT2D eigenvalue weighted by Gasteiger charge is -2.14. The zero-order valence-corrected chi connectivity index (χ0v) is 16.2. The Morgan fingerprint density at radius 2 is 1.79 bits per heavy atom. The van der Waals surface area contributed by atoms with Gasteiger partial charge in [0.1, 0.15) is 0 Å². The van der Waals surface area contributed by atoms with Crippen molar-refractivity contribution in [1.82, 2.24) is 0 Å². The number of nitrogens with one attached hydrogen (secondary N) is 1. The van der Waals surface area contributed by atoms with E-state index in [1.165, 1.54) is 13.0 Å². The van der Waals surface area contributed by atoms with Gasteiger partial charge in [-0.1, -0.05) is 12.1 Å². The van der Waals surface area contributed by atoms with Crippen LogP contribution in [0.25, 0.3) is 0 Å². The third kappa shape index (κ3) is 6.35. The van der Waals surface area contributed by atoms with Crippen molar-refractivity contribution >= 4 is 23.3 Å². The summed E-state index contributed by atoms with van der Waals surface area (Å²) in [4.78, 5) is 34.3. The molecule has 2 aromatic rings. The van der Waals surface area contributed by atoms with E-state index in [2.05, 4.69) is 5.32 Å². The second-order valence-electron chi connectivity index (χ2n) is 6.52. The molecule has 0 unspecified atom stereocenters. The molecule has 0 aliphatic rings. The summed E-state index contributed by atoms with van der Waals surface area (Å²) in [5.74, 6) is -2.43. The number of ether oxygens (including phenoxy) is 2. The Balaban J connectivity index is 1.96. The van der Waals surface area contributed by atoms with Crippen LogP contribution in [0.4, 0.5) is 15.8 Å². The first kappa shape index (κ1) is 22.0. The molecule has 0 aliphatic carbocycles. The minimum absolute atomic E-state index is 0.0144. The highest BCUT2D eigenvalue weighted by Gasteiger charge is 2.21. The standard InChI is InChI=1S/C20H21FN2O6/c1-12(2)28-11-14-4-6-15(7-5-14)20(25)29-13(3)19(24)22-16-8-9-17(21)18(10-16)23(26)27/h4-10,12-13H,11H2,1-3H3,(H,22,24)/t13-/m0/s1. The fourth-order valence-electron chi connectivity index (χ4n) is 2.26. The molecule has 154 valence electrons. The Hall–Kier alpha value is -3.33. The first-order valence-corrected chi connectivity index (χ1v) is 8.83. The van der Waals surface area contributed by atoms with Crippen LogP contribution in [0, 0.1) is 15.9 Å². The van der Waals surface area contributed by atoms with Gasteiger partial charge in [0.2, 0.25) is 5.82 Å². The van der Waals surface area contributed by atoms with E-state index in [9.17, 15) is 24.1 Å². The second-order valence-corrected chi connectivity index (χ2v) is 6.52. The van der Waals surface area contributed by atoms with Crippen LogP contribution >= 0.6 is 0 Å². The summed E-state index contributed by atoms with van der Waals surface area (Å²) in [5, 5.41) is 13.1. The third-order valence-electron chi connectivity index (χ3n) is 3.84. The second kappa shape index (κ2) is 9.74.